The second kappa shape index (κ2) is 4.59. The maximum Gasteiger partial charge on any atom is 0.265 e. The van der Waals surface area contributed by atoms with Crippen molar-refractivity contribution in [2.45, 2.75) is 19.6 Å². The fourth-order valence-electron chi connectivity index (χ4n) is 2.11. The van der Waals surface area contributed by atoms with E-state index in [2.05, 4.69) is 5.32 Å². The molecule has 1 aliphatic rings. The Hall–Kier alpha value is -1.59. The van der Waals surface area contributed by atoms with Crippen molar-refractivity contribution >= 4 is 17.2 Å². The molecule has 1 atom stereocenters. The average molecular weight is 262 g/mol. The number of carbonyl (C=O) groups is 1. The van der Waals surface area contributed by atoms with Gasteiger partial charge in [-0.05, 0) is 30.0 Å². The van der Waals surface area contributed by atoms with Crippen LogP contribution >= 0.6 is 11.3 Å². The third-order valence-electron chi connectivity index (χ3n) is 2.91. The van der Waals surface area contributed by atoms with Crippen LogP contribution in [0.2, 0.25) is 0 Å². The highest BCUT2D eigenvalue weighted by Gasteiger charge is 2.27. The molecule has 0 radical (unpaired) electrons. The van der Waals surface area contributed by atoms with Crippen LogP contribution in [0.4, 0.5) is 0 Å². The van der Waals surface area contributed by atoms with Crippen molar-refractivity contribution in [1.29, 1.82) is 0 Å². The molecule has 2 aromatic heterocycles. The second-order valence-electron chi connectivity index (χ2n) is 4.16. The summed E-state index contributed by atoms with van der Waals surface area (Å²) in [7, 11) is 0. The molecule has 3 rings (SSSR count). The lowest BCUT2D eigenvalue weighted by Crippen LogP contribution is -2.29. The van der Waals surface area contributed by atoms with Crippen molar-refractivity contribution in [2.24, 2.45) is 0 Å². The van der Waals surface area contributed by atoms with Gasteiger partial charge in [-0.1, -0.05) is 6.92 Å². The lowest BCUT2D eigenvalue weighted by atomic mass is 10.3. The number of hydrogen-bond acceptors (Lipinski definition) is 3. The van der Waals surface area contributed by atoms with Crippen molar-refractivity contribution in [2.75, 3.05) is 6.61 Å². The van der Waals surface area contributed by atoms with Crippen molar-refractivity contribution in [3.05, 3.63) is 40.3 Å². The molecule has 1 amide bonds. The monoisotopic (exact) mass is 262 g/mol. The summed E-state index contributed by atoms with van der Waals surface area (Å²) in [5.74, 6) is -0.0650. The van der Waals surface area contributed by atoms with Crippen LogP contribution in [-0.2, 0) is 4.74 Å². The first-order valence-corrected chi connectivity index (χ1v) is 6.87. The number of ether oxygens (including phenoxy) is 1. The Morgan fingerprint density at radius 3 is 3.22 bits per heavy atom. The number of nitrogens with zero attached hydrogens (tertiary/aromatic N) is 1. The van der Waals surface area contributed by atoms with Gasteiger partial charge in [0.15, 0.2) is 6.23 Å². The molecule has 18 heavy (non-hydrogen) atoms. The zero-order valence-corrected chi connectivity index (χ0v) is 10.9. The third kappa shape index (κ3) is 1.76. The van der Waals surface area contributed by atoms with Crippen LogP contribution in [0.15, 0.2) is 29.8 Å². The molecule has 2 aromatic rings. The van der Waals surface area contributed by atoms with Gasteiger partial charge in [-0.3, -0.25) is 4.79 Å². The predicted octanol–water partition coefficient (Wildman–Crippen LogP) is 2.71. The van der Waals surface area contributed by atoms with E-state index in [1.54, 1.807) is 0 Å². The molecule has 0 saturated heterocycles. The van der Waals surface area contributed by atoms with Crippen molar-refractivity contribution in [3.8, 4) is 5.69 Å². The van der Waals surface area contributed by atoms with E-state index in [0.29, 0.717) is 6.61 Å². The van der Waals surface area contributed by atoms with Gasteiger partial charge in [-0.15, -0.1) is 11.3 Å². The first-order chi connectivity index (χ1) is 8.81. The molecule has 1 aliphatic heterocycles. The highest BCUT2D eigenvalue weighted by molar-refractivity contribution is 7.12. The Morgan fingerprint density at radius 1 is 1.50 bits per heavy atom. The van der Waals surface area contributed by atoms with Gasteiger partial charge in [0.05, 0.1) is 11.4 Å². The van der Waals surface area contributed by atoms with Gasteiger partial charge in [-0.2, -0.15) is 0 Å². The van der Waals surface area contributed by atoms with E-state index in [-0.39, 0.29) is 12.1 Å². The Bertz CT molecular complexity index is 573. The summed E-state index contributed by atoms with van der Waals surface area (Å²) in [4.78, 5) is 12.8. The summed E-state index contributed by atoms with van der Waals surface area (Å²) in [6.07, 6.45) is 2.52. The number of nitrogens with one attached hydrogen (secondary N) is 1. The van der Waals surface area contributed by atoms with Gasteiger partial charge in [0.2, 0.25) is 0 Å². The lowest BCUT2D eigenvalue weighted by Gasteiger charge is -2.17. The van der Waals surface area contributed by atoms with Crippen molar-refractivity contribution in [1.82, 2.24) is 9.88 Å². The van der Waals surface area contributed by atoms with Crippen LogP contribution in [0.5, 0.6) is 0 Å². The molecular weight excluding hydrogens is 248 g/mol. The van der Waals surface area contributed by atoms with Crippen LogP contribution in [0, 0.1) is 0 Å². The zero-order chi connectivity index (χ0) is 12.5. The highest BCUT2D eigenvalue weighted by Crippen LogP contribution is 2.29. The topological polar surface area (TPSA) is 43.3 Å². The Kier molecular flexibility index (Phi) is 2.93. The summed E-state index contributed by atoms with van der Waals surface area (Å²) in [5.41, 5.74) is 1.90. The Balaban J connectivity index is 2.05. The Labute approximate surface area is 109 Å². The summed E-state index contributed by atoms with van der Waals surface area (Å²) in [6, 6.07) is 5.91. The van der Waals surface area contributed by atoms with E-state index in [9.17, 15) is 4.79 Å². The molecule has 4 nitrogen and oxygen atoms in total. The van der Waals surface area contributed by atoms with Crippen LogP contribution < -0.4 is 5.32 Å². The van der Waals surface area contributed by atoms with Gasteiger partial charge in [0.1, 0.15) is 4.88 Å². The molecule has 5 heteroatoms. The minimum absolute atomic E-state index is 0.0650. The van der Waals surface area contributed by atoms with Crippen molar-refractivity contribution in [3.63, 3.8) is 0 Å². The van der Waals surface area contributed by atoms with E-state index in [4.69, 9.17) is 4.74 Å². The molecule has 94 valence electrons. The largest absolute Gasteiger partial charge is 0.353 e. The third-order valence-corrected chi connectivity index (χ3v) is 3.81. The number of thiophene rings is 1. The normalized spacial score (nSPS) is 17.8. The molecule has 0 aliphatic carbocycles. The smallest absolute Gasteiger partial charge is 0.265 e. The SMILES string of the molecule is CCCOC1NC(=O)c2sccc2-n2cccc21. The number of amides is 1. The molecule has 0 saturated carbocycles. The van der Waals surface area contributed by atoms with E-state index < -0.39 is 0 Å². The average Bonchev–Trinajstić information content (AvgIpc) is 2.99. The minimum atomic E-state index is -0.368. The standard InChI is InChI=1S/C13H14N2O2S/c1-2-7-17-13-10-4-3-6-15(10)9-5-8-18-11(9)12(16)14-13/h3-6,8,13H,2,7H2,1H3,(H,14,16). The molecule has 1 unspecified atom stereocenters. The zero-order valence-electron chi connectivity index (χ0n) is 10.1. The lowest BCUT2D eigenvalue weighted by molar-refractivity contribution is 0.0249. The highest BCUT2D eigenvalue weighted by atomic mass is 32.1. The molecule has 0 spiro atoms. The summed E-state index contributed by atoms with van der Waals surface area (Å²) in [6.45, 7) is 2.68. The van der Waals surface area contributed by atoms with E-state index in [1.165, 1.54) is 11.3 Å². The molecule has 1 N–H and O–H groups in total. The van der Waals surface area contributed by atoms with Crippen LogP contribution in [0.25, 0.3) is 5.69 Å². The summed E-state index contributed by atoms with van der Waals surface area (Å²) in [5, 5.41) is 4.86. The van der Waals surface area contributed by atoms with Gasteiger partial charge in [-0.25, -0.2) is 0 Å². The first-order valence-electron chi connectivity index (χ1n) is 5.99. The second-order valence-corrected chi connectivity index (χ2v) is 5.08. The quantitative estimate of drug-likeness (QED) is 0.924. The number of hydrogen-bond donors (Lipinski definition) is 1. The fourth-order valence-corrected chi connectivity index (χ4v) is 2.90. The van der Waals surface area contributed by atoms with Gasteiger partial charge >= 0.3 is 0 Å². The van der Waals surface area contributed by atoms with Gasteiger partial charge in [0.25, 0.3) is 5.91 Å². The number of fused-ring (bicyclic) bond motifs is 3. The number of aromatic nitrogens is 1. The maximum atomic E-state index is 12.1. The molecule has 0 bridgehead atoms. The predicted molar refractivity (Wildman–Crippen MR) is 70.1 cm³/mol. The van der Waals surface area contributed by atoms with Crippen LogP contribution in [-0.4, -0.2) is 17.1 Å². The van der Waals surface area contributed by atoms with E-state index in [1.807, 2.05) is 41.3 Å². The molecule has 0 aromatic carbocycles. The summed E-state index contributed by atoms with van der Waals surface area (Å²) >= 11 is 1.45. The molecular formula is C13H14N2O2S. The van der Waals surface area contributed by atoms with Crippen molar-refractivity contribution < 1.29 is 9.53 Å². The molecule has 3 heterocycles. The van der Waals surface area contributed by atoms with Crippen LogP contribution in [0.1, 0.15) is 34.9 Å². The van der Waals surface area contributed by atoms with Gasteiger partial charge < -0.3 is 14.6 Å². The van der Waals surface area contributed by atoms with Gasteiger partial charge in [0, 0.05) is 12.8 Å². The van der Waals surface area contributed by atoms with Crippen LogP contribution in [0.3, 0.4) is 0 Å². The first kappa shape index (κ1) is 11.5. The number of carbonyl (C=O) groups excluding carboxylic acids is 1. The van der Waals surface area contributed by atoms with E-state index >= 15 is 0 Å². The maximum absolute atomic E-state index is 12.1. The number of rotatable bonds is 3. The Morgan fingerprint density at radius 2 is 2.39 bits per heavy atom. The fraction of sp³-hybridized carbons (Fsp3) is 0.308. The minimum Gasteiger partial charge on any atom is -0.353 e. The van der Waals surface area contributed by atoms with E-state index in [0.717, 1.165) is 22.7 Å². The molecule has 0 fully saturated rings. The summed E-state index contributed by atoms with van der Waals surface area (Å²) < 4.78 is 7.74.